The average molecular weight is 459 g/mol. The van der Waals surface area contributed by atoms with Crippen molar-refractivity contribution < 1.29 is 17.9 Å². The molecule has 2 aliphatic heterocycles. The quantitative estimate of drug-likeness (QED) is 0.707. The summed E-state index contributed by atoms with van der Waals surface area (Å²) in [5.41, 5.74) is 0.516. The van der Waals surface area contributed by atoms with E-state index in [2.05, 4.69) is 12.2 Å². The Hall–Kier alpha value is -1.39. The molecule has 0 bridgehead atoms. The van der Waals surface area contributed by atoms with Gasteiger partial charge in [-0.05, 0) is 43.9 Å². The van der Waals surface area contributed by atoms with Crippen molar-refractivity contribution in [3.8, 4) is 5.75 Å². The Morgan fingerprint density at radius 3 is 2.33 bits per heavy atom. The van der Waals surface area contributed by atoms with Gasteiger partial charge in [-0.1, -0.05) is 18.5 Å². The van der Waals surface area contributed by atoms with Gasteiger partial charge in [-0.2, -0.15) is 17.0 Å². The topological polar surface area (TPSA) is 82.2 Å². The highest BCUT2D eigenvalue weighted by atomic mass is 35.5. The fourth-order valence-electron chi connectivity index (χ4n) is 3.88. The zero-order valence-electron chi connectivity index (χ0n) is 17.8. The van der Waals surface area contributed by atoms with Gasteiger partial charge in [0, 0.05) is 44.3 Å². The smallest absolute Gasteiger partial charge is 0.282 e. The fourth-order valence-corrected chi connectivity index (χ4v) is 5.68. The van der Waals surface area contributed by atoms with E-state index >= 15 is 0 Å². The van der Waals surface area contributed by atoms with Gasteiger partial charge in [-0.25, -0.2) is 0 Å². The van der Waals surface area contributed by atoms with Crippen molar-refractivity contribution in [3.63, 3.8) is 0 Å². The molecule has 2 heterocycles. The molecule has 30 heavy (non-hydrogen) atoms. The molecule has 1 aromatic rings. The van der Waals surface area contributed by atoms with E-state index in [0.717, 1.165) is 12.8 Å². The normalized spacial score (nSPS) is 21.3. The largest absolute Gasteiger partial charge is 0.495 e. The lowest BCUT2D eigenvalue weighted by Gasteiger charge is -2.40. The Balaban J connectivity index is 1.56. The molecule has 10 heteroatoms. The molecule has 1 atom stereocenters. The van der Waals surface area contributed by atoms with Gasteiger partial charge in [0.1, 0.15) is 5.75 Å². The predicted octanol–water partition coefficient (Wildman–Crippen LogP) is 2.27. The predicted molar refractivity (Wildman–Crippen MR) is 118 cm³/mol. The van der Waals surface area contributed by atoms with Crippen molar-refractivity contribution in [2.75, 3.05) is 51.7 Å². The molecule has 1 N–H and O–H groups in total. The van der Waals surface area contributed by atoms with E-state index in [4.69, 9.17) is 16.3 Å². The lowest BCUT2D eigenvalue weighted by molar-refractivity contribution is -0.121. The molecule has 2 fully saturated rings. The van der Waals surface area contributed by atoms with Gasteiger partial charge in [0.2, 0.25) is 5.91 Å². The van der Waals surface area contributed by atoms with Crippen molar-refractivity contribution in [2.24, 2.45) is 5.92 Å². The second-order valence-corrected chi connectivity index (χ2v) is 10.4. The Morgan fingerprint density at radius 2 is 1.73 bits per heavy atom. The number of carbonyl (C=O) groups is 1. The Labute approximate surface area is 184 Å². The first-order valence-electron chi connectivity index (χ1n) is 10.4. The van der Waals surface area contributed by atoms with Crippen LogP contribution in [0.15, 0.2) is 18.2 Å². The summed E-state index contributed by atoms with van der Waals surface area (Å²) >= 11 is 6.03. The maximum Gasteiger partial charge on any atom is 0.282 e. The zero-order chi connectivity index (χ0) is 21.9. The van der Waals surface area contributed by atoms with Gasteiger partial charge in [0.25, 0.3) is 10.2 Å². The second kappa shape index (κ2) is 9.82. The van der Waals surface area contributed by atoms with Crippen molar-refractivity contribution in [1.29, 1.82) is 0 Å². The van der Waals surface area contributed by atoms with E-state index in [1.54, 1.807) is 26.8 Å². The molecule has 2 saturated heterocycles. The number of nitrogens with one attached hydrogen (secondary N) is 1. The summed E-state index contributed by atoms with van der Waals surface area (Å²) in [5, 5.41) is 3.37. The molecule has 168 valence electrons. The molecule has 0 radical (unpaired) electrons. The number of hydrogen-bond donors (Lipinski definition) is 1. The van der Waals surface area contributed by atoms with E-state index in [1.807, 2.05) is 11.8 Å². The van der Waals surface area contributed by atoms with Crippen LogP contribution in [0.5, 0.6) is 5.75 Å². The summed E-state index contributed by atoms with van der Waals surface area (Å²) in [7, 11) is -1.90. The van der Waals surface area contributed by atoms with Crippen LogP contribution in [0.1, 0.15) is 26.7 Å². The first-order valence-corrected chi connectivity index (χ1v) is 12.1. The summed E-state index contributed by atoms with van der Waals surface area (Å²) in [5.74, 6) is 0.925. The zero-order valence-corrected chi connectivity index (χ0v) is 19.4. The van der Waals surface area contributed by atoms with Crippen LogP contribution in [-0.2, 0) is 15.0 Å². The number of benzene rings is 1. The number of ether oxygens (including phenoxy) is 1. The Bertz CT molecular complexity index is 850. The van der Waals surface area contributed by atoms with Crippen LogP contribution in [0.25, 0.3) is 0 Å². The third-order valence-corrected chi connectivity index (χ3v) is 8.29. The summed E-state index contributed by atoms with van der Waals surface area (Å²) in [6.07, 6.45) is 1.81. The highest BCUT2D eigenvalue weighted by Crippen LogP contribution is 2.28. The van der Waals surface area contributed by atoms with Gasteiger partial charge in [0.15, 0.2) is 0 Å². The SMILES string of the molecule is COc1ccc(Cl)cc1NC(=O)[C@H](C)N1CCN(S(=O)(=O)N2CCC(C)CC2)CC1. The first kappa shape index (κ1) is 23.3. The number of amides is 1. The molecule has 0 aliphatic carbocycles. The molecule has 8 nitrogen and oxygen atoms in total. The summed E-state index contributed by atoms with van der Waals surface area (Å²) in [6, 6.07) is 4.64. The number of carbonyl (C=O) groups excluding carboxylic acids is 1. The van der Waals surface area contributed by atoms with E-state index < -0.39 is 16.3 Å². The number of rotatable bonds is 6. The van der Waals surface area contributed by atoms with E-state index in [-0.39, 0.29) is 5.91 Å². The minimum absolute atomic E-state index is 0.183. The van der Waals surface area contributed by atoms with Crippen molar-refractivity contribution in [3.05, 3.63) is 23.2 Å². The van der Waals surface area contributed by atoms with Crippen molar-refractivity contribution in [2.45, 2.75) is 32.7 Å². The third kappa shape index (κ3) is 5.26. The average Bonchev–Trinajstić information content (AvgIpc) is 2.74. The Kier molecular flexibility index (Phi) is 7.62. The number of methoxy groups -OCH3 is 1. The van der Waals surface area contributed by atoms with Gasteiger partial charge in [0.05, 0.1) is 18.8 Å². The standard InChI is InChI=1S/C20H31ClN4O4S/c1-15-6-8-24(9-7-15)30(27,28)25-12-10-23(11-13-25)16(2)20(26)22-18-14-17(21)4-5-19(18)29-3/h4-5,14-16H,6-13H2,1-3H3,(H,22,26)/t16-/m0/s1. The highest BCUT2D eigenvalue weighted by molar-refractivity contribution is 7.86. The van der Waals surface area contributed by atoms with Crippen LogP contribution in [0, 0.1) is 5.92 Å². The molecule has 1 amide bonds. The van der Waals surface area contributed by atoms with Crippen LogP contribution in [0.2, 0.25) is 5.02 Å². The van der Waals surface area contributed by atoms with Gasteiger partial charge >= 0.3 is 0 Å². The number of nitrogens with zero attached hydrogens (tertiary/aromatic N) is 3. The third-order valence-electron chi connectivity index (χ3n) is 6.01. The van der Waals surface area contributed by atoms with E-state index in [9.17, 15) is 13.2 Å². The van der Waals surface area contributed by atoms with E-state index in [1.165, 1.54) is 7.11 Å². The van der Waals surface area contributed by atoms with Gasteiger partial charge < -0.3 is 10.1 Å². The molecule has 2 aliphatic rings. The van der Waals surface area contributed by atoms with Crippen LogP contribution in [0.4, 0.5) is 5.69 Å². The minimum Gasteiger partial charge on any atom is -0.495 e. The number of piperidine rings is 1. The molecule has 1 aromatic carbocycles. The lowest BCUT2D eigenvalue weighted by atomic mass is 10.0. The maximum absolute atomic E-state index is 12.9. The molecule has 0 aromatic heterocycles. The lowest BCUT2D eigenvalue weighted by Crippen LogP contribution is -2.57. The summed E-state index contributed by atoms with van der Waals surface area (Å²) < 4.78 is 34.3. The van der Waals surface area contributed by atoms with E-state index in [0.29, 0.717) is 61.6 Å². The molecule has 0 saturated carbocycles. The monoisotopic (exact) mass is 458 g/mol. The summed E-state index contributed by atoms with van der Waals surface area (Å²) in [6.45, 7) is 6.93. The Morgan fingerprint density at radius 1 is 1.13 bits per heavy atom. The number of hydrogen-bond acceptors (Lipinski definition) is 5. The number of halogens is 1. The molecule has 3 rings (SSSR count). The van der Waals surface area contributed by atoms with Crippen molar-refractivity contribution in [1.82, 2.24) is 13.5 Å². The second-order valence-electron chi connectivity index (χ2n) is 8.03. The molecule has 0 spiro atoms. The number of anilines is 1. The number of piperazine rings is 1. The van der Waals surface area contributed by atoms with Crippen LogP contribution in [-0.4, -0.2) is 80.3 Å². The molecular weight excluding hydrogens is 428 g/mol. The minimum atomic E-state index is -3.43. The van der Waals surface area contributed by atoms with Crippen LogP contribution < -0.4 is 10.1 Å². The van der Waals surface area contributed by atoms with Gasteiger partial charge in [-0.3, -0.25) is 9.69 Å². The van der Waals surface area contributed by atoms with Gasteiger partial charge in [-0.15, -0.1) is 0 Å². The summed E-state index contributed by atoms with van der Waals surface area (Å²) in [4.78, 5) is 14.8. The van der Waals surface area contributed by atoms with Crippen molar-refractivity contribution >= 4 is 33.4 Å². The highest BCUT2D eigenvalue weighted by Gasteiger charge is 2.35. The maximum atomic E-state index is 12.9. The molecular formula is C20H31ClN4O4S. The fraction of sp³-hybridized carbons (Fsp3) is 0.650. The molecule has 0 unspecified atom stereocenters. The van der Waals surface area contributed by atoms with Crippen LogP contribution in [0.3, 0.4) is 0 Å². The van der Waals surface area contributed by atoms with Crippen LogP contribution >= 0.6 is 11.6 Å². The first-order chi connectivity index (χ1) is 14.2.